The number of hydrogen-bond donors (Lipinski definition) is 2. The Morgan fingerprint density at radius 1 is 0.565 bits per heavy atom. The van der Waals surface area contributed by atoms with Crippen molar-refractivity contribution >= 4 is 0 Å². The van der Waals surface area contributed by atoms with Gasteiger partial charge in [-0.1, -0.05) is 110 Å². The molecule has 0 aliphatic heterocycles. The van der Waals surface area contributed by atoms with Crippen LogP contribution in [0.2, 0.25) is 0 Å². The van der Waals surface area contributed by atoms with Crippen molar-refractivity contribution in [1.29, 1.82) is 0 Å². The van der Waals surface area contributed by atoms with Crippen molar-refractivity contribution < 1.29 is 5.11 Å². The van der Waals surface area contributed by atoms with Crippen LogP contribution in [0.5, 0.6) is 0 Å². The van der Waals surface area contributed by atoms with Crippen LogP contribution in [0.25, 0.3) is 0 Å². The second kappa shape index (κ2) is 20.0. The minimum atomic E-state index is -0.351. The van der Waals surface area contributed by atoms with E-state index in [-0.39, 0.29) is 6.23 Å². The highest BCUT2D eigenvalue weighted by atomic mass is 16.3. The van der Waals surface area contributed by atoms with Crippen LogP contribution >= 0.6 is 0 Å². The Bertz CT molecular complexity index is 206. The molecule has 0 aromatic rings. The fourth-order valence-corrected chi connectivity index (χ4v) is 3.16. The van der Waals surface area contributed by atoms with Crippen molar-refractivity contribution in [2.75, 3.05) is 6.54 Å². The van der Waals surface area contributed by atoms with Crippen molar-refractivity contribution in [3.63, 3.8) is 0 Å². The van der Waals surface area contributed by atoms with Crippen LogP contribution in [0.15, 0.2) is 0 Å². The molecule has 0 aliphatic rings. The van der Waals surface area contributed by atoms with Crippen LogP contribution in [0.1, 0.15) is 123 Å². The Labute approximate surface area is 146 Å². The average molecular weight is 328 g/mol. The quantitative estimate of drug-likeness (QED) is 0.208. The van der Waals surface area contributed by atoms with E-state index in [4.69, 9.17) is 5.11 Å². The van der Waals surface area contributed by atoms with Crippen LogP contribution in [-0.2, 0) is 0 Å². The lowest BCUT2D eigenvalue weighted by atomic mass is 10.0. The lowest BCUT2D eigenvalue weighted by molar-refractivity contribution is 0.156. The fourth-order valence-electron chi connectivity index (χ4n) is 3.16. The van der Waals surface area contributed by atoms with Gasteiger partial charge in [-0.15, -0.1) is 0 Å². The molecule has 0 saturated carbocycles. The van der Waals surface area contributed by atoms with Gasteiger partial charge in [0.1, 0.15) is 6.23 Å². The van der Waals surface area contributed by atoms with Crippen LogP contribution < -0.4 is 5.32 Å². The number of hydrogen-bond acceptors (Lipinski definition) is 2. The molecule has 2 N–H and O–H groups in total. The summed E-state index contributed by atoms with van der Waals surface area (Å²) in [6.07, 6.45) is 23.7. The Balaban J connectivity index is 2.95. The highest BCUT2D eigenvalue weighted by Crippen LogP contribution is 2.13. The summed E-state index contributed by atoms with van der Waals surface area (Å²) in [5, 5.41) is 12.1. The summed E-state index contributed by atoms with van der Waals surface area (Å²) in [5.74, 6) is 0. The number of aliphatic hydroxyl groups excluding tert-OH is 1. The standard InChI is InChI=1S/C21H45NO/c1-3-4-5-6-7-8-9-10-11-12-13-14-15-16-17-18-19-20-22-21(2)23/h21-23H,3-20H2,1-2H3. The second-order valence-electron chi connectivity index (χ2n) is 7.29. The van der Waals surface area contributed by atoms with E-state index < -0.39 is 0 Å². The molecule has 0 fully saturated rings. The van der Waals surface area contributed by atoms with E-state index >= 15 is 0 Å². The van der Waals surface area contributed by atoms with Gasteiger partial charge < -0.3 is 5.11 Å². The molecule has 1 unspecified atom stereocenters. The smallest absolute Gasteiger partial charge is 0.102 e. The van der Waals surface area contributed by atoms with Crippen LogP contribution in [-0.4, -0.2) is 17.9 Å². The molecular weight excluding hydrogens is 282 g/mol. The maximum absolute atomic E-state index is 9.08. The van der Waals surface area contributed by atoms with E-state index in [0.717, 1.165) is 6.54 Å². The molecule has 0 aliphatic carbocycles. The monoisotopic (exact) mass is 327 g/mol. The molecule has 23 heavy (non-hydrogen) atoms. The van der Waals surface area contributed by atoms with Gasteiger partial charge in [0.05, 0.1) is 0 Å². The number of aliphatic hydroxyl groups is 1. The molecule has 0 radical (unpaired) electrons. The molecule has 0 spiro atoms. The lowest BCUT2D eigenvalue weighted by Crippen LogP contribution is -2.26. The van der Waals surface area contributed by atoms with Crippen molar-refractivity contribution in [3.8, 4) is 0 Å². The average Bonchev–Trinajstić information content (AvgIpc) is 2.53. The normalized spacial score (nSPS) is 12.7. The molecule has 1 atom stereocenters. The third kappa shape index (κ3) is 21.9. The summed E-state index contributed by atoms with van der Waals surface area (Å²) in [6.45, 7) is 5.03. The zero-order valence-corrected chi connectivity index (χ0v) is 16.3. The molecule has 0 saturated heterocycles. The maximum atomic E-state index is 9.08. The Kier molecular flexibility index (Phi) is 19.9. The zero-order chi connectivity index (χ0) is 17.0. The second-order valence-corrected chi connectivity index (χ2v) is 7.29. The Hall–Kier alpha value is -0.0800. The fraction of sp³-hybridized carbons (Fsp3) is 1.00. The molecule has 0 aromatic heterocycles. The molecule has 2 heteroatoms. The predicted octanol–water partition coefficient (Wildman–Crippen LogP) is 6.57. The van der Waals surface area contributed by atoms with Crippen molar-refractivity contribution in [2.45, 2.75) is 129 Å². The van der Waals surface area contributed by atoms with Gasteiger partial charge >= 0.3 is 0 Å². The minimum absolute atomic E-state index is 0.351. The first-order valence-electron chi connectivity index (χ1n) is 10.7. The molecular formula is C21H45NO. The van der Waals surface area contributed by atoms with Gasteiger partial charge in [0.2, 0.25) is 0 Å². The minimum Gasteiger partial charge on any atom is -0.379 e. The SMILES string of the molecule is CCCCCCCCCCCCCCCCCCCNC(C)O. The van der Waals surface area contributed by atoms with E-state index in [1.807, 2.05) is 0 Å². The van der Waals surface area contributed by atoms with E-state index in [2.05, 4.69) is 12.2 Å². The van der Waals surface area contributed by atoms with E-state index in [0.29, 0.717) is 0 Å². The largest absolute Gasteiger partial charge is 0.379 e. The lowest BCUT2D eigenvalue weighted by Gasteiger charge is -2.06. The summed E-state index contributed by atoms with van der Waals surface area (Å²) in [7, 11) is 0. The maximum Gasteiger partial charge on any atom is 0.102 e. The van der Waals surface area contributed by atoms with Crippen molar-refractivity contribution in [2.24, 2.45) is 0 Å². The summed E-state index contributed by atoms with van der Waals surface area (Å²) in [6, 6.07) is 0. The van der Waals surface area contributed by atoms with Gasteiger partial charge in [-0.3, -0.25) is 5.32 Å². The molecule has 0 amide bonds. The van der Waals surface area contributed by atoms with Gasteiger partial charge in [-0.25, -0.2) is 0 Å². The number of nitrogens with one attached hydrogen (secondary N) is 1. The Morgan fingerprint density at radius 3 is 1.17 bits per heavy atom. The predicted molar refractivity (Wildman–Crippen MR) is 104 cm³/mol. The van der Waals surface area contributed by atoms with E-state index in [1.54, 1.807) is 6.92 Å². The number of unbranched alkanes of at least 4 members (excludes halogenated alkanes) is 16. The first-order valence-corrected chi connectivity index (χ1v) is 10.7. The van der Waals surface area contributed by atoms with Crippen LogP contribution in [0.4, 0.5) is 0 Å². The third-order valence-electron chi connectivity index (χ3n) is 4.72. The molecule has 140 valence electrons. The highest BCUT2D eigenvalue weighted by molar-refractivity contribution is 4.51. The van der Waals surface area contributed by atoms with Crippen molar-refractivity contribution in [1.82, 2.24) is 5.32 Å². The molecule has 0 aromatic carbocycles. The van der Waals surface area contributed by atoms with Crippen molar-refractivity contribution in [3.05, 3.63) is 0 Å². The van der Waals surface area contributed by atoms with Gasteiger partial charge in [-0.2, -0.15) is 0 Å². The highest BCUT2D eigenvalue weighted by Gasteiger charge is 1.95. The molecule has 0 bridgehead atoms. The summed E-state index contributed by atoms with van der Waals surface area (Å²) >= 11 is 0. The summed E-state index contributed by atoms with van der Waals surface area (Å²) in [5.41, 5.74) is 0. The van der Waals surface area contributed by atoms with Crippen LogP contribution in [0.3, 0.4) is 0 Å². The molecule has 2 nitrogen and oxygen atoms in total. The molecule has 0 rings (SSSR count). The van der Waals surface area contributed by atoms with Gasteiger partial charge in [-0.05, 0) is 19.9 Å². The summed E-state index contributed by atoms with van der Waals surface area (Å²) in [4.78, 5) is 0. The summed E-state index contributed by atoms with van der Waals surface area (Å²) < 4.78 is 0. The van der Waals surface area contributed by atoms with Gasteiger partial charge in [0, 0.05) is 0 Å². The topological polar surface area (TPSA) is 32.3 Å². The molecule has 0 heterocycles. The Morgan fingerprint density at radius 2 is 0.870 bits per heavy atom. The van der Waals surface area contributed by atoms with Gasteiger partial charge in [0.25, 0.3) is 0 Å². The van der Waals surface area contributed by atoms with Gasteiger partial charge in [0.15, 0.2) is 0 Å². The van der Waals surface area contributed by atoms with E-state index in [1.165, 1.54) is 109 Å². The zero-order valence-electron chi connectivity index (χ0n) is 16.3. The first kappa shape index (κ1) is 22.9. The first-order chi connectivity index (χ1) is 11.3. The van der Waals surface area contributed by atoms with Crippen LogP contribution in [0, 0.1) is 0 Å². The number of rotatable bonds is 19. The third-order valence-corrected chi connectivity index (χ3v) is 4.72. The van der Waals surface area contributed by atoms with E-state index in [9.17, 15) is 0 Å².